The first-order valence-electron chi connectivity index (χ1n) is 9.00. The van der Waals surface area contributed by atoms with Gasteiger partial charge in [0.05, 0.1) is 24.4 Å². The zero-order chi connectivity index (χ0) is 18.9. The molecule has 0 saturated carbocycles. The zero-order valence-electron chi connectivity index (χ0n) is 15.2. The van der Waals surface area contributed by atoms with E-state index in [0.29, 0.717) is 25.0 Å². The van der Waals surface area contributed by atoms with Crippen LogP contribution in [0.15, 0.2) is 42.9 Å². The molecule has 8 nitrogen and oxygen atoms in total. The molecule has 0 radical (unpaired) electrons. The molecule has 142 valence electrons. The van der Waals surface area contributed by atoms with Crippen LogP contribution in [0.2, 0.25) is 0 Å². The van der Waals surface area contributed by atoms with Crippen molar-refractivity contribution >= 4 is 33.5 Å². The number of nitrogens with zero attached hydrogens (tertiary/aromatic N) is 5. The quantitative estimate of drug-likeness (QED) is 0.554. The Morgan fingerprint density at radius 2 is 2.14 bits per heavy atom. The highest BCUT2D eigenvalue weighted by Crippen LogP contribution is 2.31. The second kappa shape index (κ2) is 7.17. The lowest BCUT2D eigenvalue weighted by atomic mass is 10.3. The fraction of sp³-hybridized carbons (Fsp3) is 0.263. The fourth-order valence-electron chi connectivity index (χ4n) is 3.17. The van der Waals surface area contributed by atoms with E-state index in [0.717, 1.165) is 33.8 Å². The molecule has 1 atom stereocenters. The summed E-state index contributed by atoms with van der Waals surface area (Å²) in [6, 6.07) is 7.80. The Bertz CT molecular complexity index is 1100. The molecule has 0 spiro atoms. The number of hydrogen-bond acceptors (Lipinski definition) is 8. The molecule has 0 unspecified atom stereocenters. The van der Waals surface area contributed by atoms with Gasteiger partial charge in [-0.2, -0.15) is 9.36 Å². The van der Waals surface area contributed by atoms with Gasteiger partial charge in [0.2, 0.25) is 11.8 Å². The van der Waals surface area contributed by atoms with Gasteiger partial charge in [-0.15, -0.1) is 0 Å². The third-order valence-electron chi connectivity index (χ3n) is 4.47. The van der Waals surface area contributed by atoms with Crippen LogP contribution in [-0.2, 0) is 4.74 Å². The molecule has 1 aliphatic rings. The van der Waals surface area contributed by atoms with Crippen molar-refractivity contribution in [2.75, 3.05) is 18.5 Å². The molecule has 28 heavy (non-hydrogen) atoms. The molecule has 4 aromatic rings. The average Bonchev–Trinajstić information content (AvgIpc) is 3.44. The maximum Gasteiger partial charge on any atom is 0.244 e. The van der Waals surface area contributed by atoms with Gasteiger partial charge >= 0.3 is 0 Å². The van der Waals surface area contributed by atoms with Gasteiger partial charge in [0.15, 0.2) is 0 Å². The molecule has 0 amide bonds. The Morgan fingerprint density at radius 1 is 1.25 bits per heavy atom. The minimum Gasteiger partial charge on any atom is -0.470 e. The van der Waals surface area contributed by atoms with Crippen molar-refractivity contribution in [1.29, 1.82) is 0 Å². The Kier molecular flexibility index (Phi) is 4.38. The lowest BCUT2D eigenvalue weighted by molar-refractivity contribution is 0.139. The van der Waals surface area contributed by atoms with E-state index in [9.17, 15) is 0 Å². The predicted molar refractivity (Wildman–Crippen MR) is 107 cm³/mol. The largest absolute Gasteiger partial charge is 0.470 e. The van der Waals surface area contributed by atoms with E-state index < -0.39 is 0 Å². The summed E-state index contributed by atoms with van der Waals surface area (Å²) in [7, 11) is 0. The first kappa shape index (κ1) is 17.1. The van der Waals surface area contributed by atoms with E-state index >= 15 is 0 Å². The maximum atomic E-state index is 6.23. The SMILES string of the molecule is Cc1cc(Nc2nc(O[C@@H]3CCOC3)c3c(ccn3-c3ccncc3)n2)sn1. The van der Waals surface area contributed by atoms with Gasteiger partial charge in [-0.1, -0.05) is 0 Å². The molecule has 4 aromatic heterocycles. The number of anilines is 2. The van der Waals surface area contributed by atoms with E-state index in [1.807, 2.05) is 42.0 Å². The molecule has 0 bridgehead atoms. The molecule has 1 aliphatic heterocycles. The summed E-state index contributed by atoms with van der Waals surface area (Å²) in [6.45, 7) is 3.23. The van der Waals surface area contributed by atoms with Crippen LogP contribution in [-0.4, -0.2) is 43.2 Å². The van der Waals surface area contributed by atoms with Gasteiger partial charge in [-0.05, 0) is 42.7 Å². The highest BCUT2D eigenvalue weighted by molar-refractivity contribution is 7.10. The van der Waals surface area contributed by atoms with Gasteiger partial charge in [0.25, 0.3) is 0 Å². The van der Waals surface area contributed by atoms with E-state index in [1.165, 1.54) is 11.5 Å². The molecule has 1 saturated heterocycles. The smallest absolute Gasteiger partial charge is 0.244 e. The van der Waals surface area contributed by atoms with Crippen LogP contribution in [0.25, 0.3) is 16.7 Å². The van der Waals surface area contributed by atoms with E-state index in [4.69, 9.17) is 9.47 Å². The van der Waals surface area contributed by atoms with Crippen LogP contribution in [0, 0.1) is 6.92 Å². The molecule has 0 aromatic carbocycles. The monoisotopic (exact) mass is 394 g/mol. The maximum absolute atomic E-state index is 6.23. The summed E-state index contributed by atoms with van der Waals surface area (Å²) >= 11 is 1.38. The van der Waals surface area contributed by atoms with Crippen molar-refractivity contribution in [3.63, 3.8) is 0 Å². The highest BCUT2D eigenvalue weighted by Gasteiger charge is 2.22. The molecule has 5 heterocycles. The van der Waals surface area contributed by atoms with Crippen molar-refractivity contribution in [3.05, 3.63) is 48.5 Å². The van der Waals surface area contributed by atoms with Crippen LogP contribution in [0.5, 0.6) is 5.88 Å². The third kappa shape index (κ3) is 3.30. The molecule has 1 N–H and O–H groups in total. The molecule has 1 fully saturated rings. The first-order chi connectivity index (χ1) is 13.8. The number of nitrogens with one attached hydrogen (secondary N) is 1. The highest BCUT2D eigenvalue weighted by atomic mass is 32.1. The number of pyridine rings is 1. The lowest BCUT2D eigenvalue weighted by Gasteiger charge is -2.15. The van der Waals surface area contributed by atoms with Crippen LogP contribution in [0.3, 0.4) is 0 Å². The second-order valence-corrected chi connectivity index (χ2v) is 7.34. The Balaban J connectivity index is 1.60. The Labute approximate surface area is 165 Å². The summed E-state index contributed by atoms with van der Waals surface area (Å²) in [5.74, 6) is 1.02. The normalized spacial score (nSPS) is 16.5. The summed E-state index contributed by atoms with van der Waals surface area (Å²) in [5, 5.41) is 4.12. The summed E-state index contributed by atoms with van der Waals surface area (Å²) < 4.78 is 18.0. The van der Waals surface area contributed by atoms with Crippen molar-refractivity contribution < 1.29 is 9.47 Å². The number of fused-ring (bicyclic) bond motifs is 1. The Morgan fingerprint density at radius 3 is 2.89 bits per heavy atom. The van der Waals surface area contributed by atoms with Crippen LogP contribution in [0.1, 0.15) is 12.1 Å². The third-order valence-corrected chi connectivity index (χ3v) is 5.27. The number of rotatable bonds is 5. The van der Waals surface area contributed by atoms with Crippen LogP contribution < -0.4 is 10.1 Å². The van der Waals surface area contributed by atoms with E-state index in [-0.39, 0.29) is 6.10 Å². The predicted octanol–water partition coefficient (Wildman–Crippen LogP) is 3.49. The Hall–Kier alpha value is -3.04. The van der Waals surface area contributed by atoms with E-state index in [2.05, 4.69) is 24.6 Å². The topological polar surface area (TPSA) is 87.0 Å². The number of aromatic nitrogens is 5. The van der Waals surface area contributed by atoms with Gasteiger partial charge in [0, 0.05) is 30.7 Å². The molecule has 5 rings (SSSR count). The molecule has 0 aliphatic carbocycles. The first-order valence-corrected chi connectivity index (χ1v) is 9.78. The summed E-state index contributed by atoms with van der Waals surface area (Å²) in [4.78, 5) is 13.4. The molecular weight excluding hydrogens is 376 g/mol. The van der Waals surface area contributed by atoms with Gasteiger partial charge in [-0.3, -0.25) is 4.98 Å². The molecule has 9 heteroatoms. The van der Waals surface area contributed by atoms with Gasteiger partial charge in [-0.25, -0.2) is 4.98 Å². The minimum absolute atomic E-state index is 0.0163. The van der Waals surface area contributed by atoms with Crippen molar-refractivity contribution in [3.8, 4) is 11.6 Å². The molecular formula is C19H18N6O2S. The average molecular weight is 394 g/mol. The second-order valence-electron chi connectivity index (χ2n) is 6.54. The minimum atomic E-state index is -0.0163. The standard InChI is InChI=1S/C19H18N6O2S/c1-12-10-16(28-24-12)22-19-21-15-4-8-25(13-2-6-20-7-3-13)17(15)18(23-19)27-14-5-9-26-11-14/h2-4,6-8,10,14H,5,9,11H2,1H3,(H,21,22,23)/t14-/m1/s1. The van der Waals surface area contributed by atoms with Crippen molar-refractivity contribution in [1.82, 2.24) is 23.9 Å². The summed E-state index contributed by atoms with van der Waals surface area (Å²) in [5.41, 5.74) is 3.55. The van der Waals surface area contributed by atoms with E-state index in [1.54, 1.807) is 12.4 Å². The fourth-order valence-corrected chi connectivity index (χ4v) is 3.82. The number of aryl methyl sites for hydroxylation is 1. The summed E-state index contributed by atoms with van der Waals surface area (Å²) in [6.07, 6.45) is 6.31. The lowest BCUT2D eigenvalue weighted by Crippen LogP contribution is -2.17. The number of hydrogen-bond donors (Lipinski definition) is 1. The van der Waals surface area contributed by atoms with Crippen molar-refractivity contribution in [2.45, 2.75) is 19.4 Å². The van der Waals surface area contributed by atoms with Gasteiger partial charge in [0.1, 0.15) is 16.6 Å². The van der Waals surface area contributed by atoms with Crippen LogP contribution >= 0.6 is 11.5 Å². The zero-order valence-corrected chi connectivity index (χ0v) is 16.0. The number of ether oxygens (including phenoxy) is 2. The van der Waals surface area contributed by atoms with Gasteiger partial charge < -0.3 is 19.4 Å². The van der Waals surface area contributed by atoms with Crippen molar-refractivity contribution in [2.24, 2.45) is 0 Å². The van der Waals surface area contributed by atoms with Crippen LogP contribution in [0.4, 0.5) is 10.9 Å².